The molecule has 0 spiro atoms. The average Bonchev–Trinajstić information content (AvgIpc) is 2.71. The highest BCUT2D eigenvalue weighted by Crippen LogP contribution is 2.18. The predicted molar refractivity (Wildman–Crippen MR) is 72.2 cm³/mol. The summed E-state index contributed by atoms with van der Waals surface area (Å²) in [6, 6.07) is 0.551. The second-order valence-electron chi connectivity index (χ2n) is 5.43. The van der Waals surface area contributed by atoms with Gasteiger partial charge in [-0.15, -0.1) is 0 Å². The molecule has 0 aliphatic carbocycles. The van der Waals surface area contributed by atoms with Crippen molar-refractivity contribution in [3.05, 3.63) is 17.5 Å². The Morgan fingerprint density at radius 2 is 2.32 bits per heavy atom. The largest absolute Gasteiger partial charge is 0.478 e. The molecule has 6 nitrogen and oxygen atoms in total. The average molecular weight is 266 g/mol. The quantitative estimate of drug-likeness (QED) is 0.867. The molecule has 1 aromatic heterocycles. The van der Waals surface area contributed by atoms with Crippen molar-refractivity contribution in [1.29, 1.82) is 0 Å². The third kappa shape index (κ3) is 3.13. The van der Waals surface area contributed by atoms with Crippen molar-refractivity contribution in [2.24, 2.45) is 7.05 Å². The van der Waals surface area contributed by atoms with Gasteiger partial charge >= 0.3 is 5.97 Å². The molecule has 1 aliphatic rings. The molecule has 106 valence electrons. The summed E-state index contributed by atoms with van der Waals surface area (Å²) in [6.45, 7) is 2.66. The maximum absolute atomic E-state index is 11.2. The van der Waals surface area contributed by atoms with Gasteiger partial charge in [-0.3, -0.25) is 9.58 Å². The van der Waals surface area contributed by atoms with Crippen LogP contribution in [0.3, 0.4) is 0 Å². The molecule has 0 aromatic carbocycles. The zero-order chi connectivity index (χ0) is 14.0. The van der Waals surface area contributed by atoms with Gasteiger partial charge in [0, 0.05) is 26.2 Å². The van der Waals surface area contributed by atoms with Crippen molar-refractivity contribution in [2.75, 3.05) is 27.2 Å². The van der Waals surface area contributed by atoms with Gasteiger partial charge in [-0.05, 0) is 33.5 Å². The van der Waals surface area contributed by atoms with E-state index >= 15 is 0 Å². The van der Waals surface area contributed by atoms with Crippen LogP contribution in [0.5, 0.6) is 0 Å². The fourth-order valence-corrected chi connectivity index (χ4v) is 2.64. The Morgan fingerprint density at radius 3 is 2.95 bits per heavy atom. The number of aromatic carboxylic acids is 1. The van der Waals surface area contributed by atoms with Gasteiger partial charge in [-0.2, -0.15) is 5.10 Å². The van der Waals surface area contributed by atoms with E-state index in [9.17, 15) is 4.79 Å². The third-order valence-electron chi connectivity index (χ3n) is 3.88. The summed E-state index contributed by atoms with van der Waals surface area (Å²) < 4.78 is 1.67. The van der Waals surface area contributed by atoms with Crippen LogP contribution in [0.25, 0.3) is 0 Å². The van der Waals surface area contributed by atoms with Crippen LogP contribution >= 0.6 is 0 Å². The fraction of sp³-hybridized carbons (Fsp3) is 0.692. The lowest BCUT2D eigenvalue weighted by Gasteiger charge is -2.36. The molecule has 0 bridgehead atoms. The Kier molecular flexibility index (Phi) is 4.21. The molecular weight excluding hydrogens is 244 g/mol. The van der Waals surface area contributed by atoms with Crippen LogP contribution in [0.2, 0.25) is 0 Å². The highest BCUT2D eigenvalue weighted by atomic mass is 16.4. The topological polar surface area (TPSA) is 61.6 Å². The SMILES string of the molecule is CN(C)C1CCCN(Cc2c(C(=O)O)cnn2C)C1. The number of aryl methyl sites for hydroxylation is 1. The Bertz CT molecular complexity index is 455. The number of likely N-dealkylation sites (N-methyl/N-ethyl adjacent to an activating group) is 1. The Labute approximate surface area is 113 Å². The smallest absolute Gasteiger partial charge is 0.339 e. The summed E-state index contributed by atoms with van der Waals surface area (Å²) in [7, 11) is 6.00. The predicted octanol–water partition coefficient (Wildman–Crippen LogP) is 0.644. The van der Waals surface area contributed by atoms with Crippen LogP contribution < -0.4 is 0 Å². The first-order valence-electron chi connectivity index (χ1n) is 6.62. The normalized spacial score (nSPS) is 20.9. The molecule has 0 saturated carbocycles. The van der Waals surface area contributed by atoms with Crippen molar-refractivity contribution in [2.45, 2.75) is 25.4 Å². The molecule has 2 rings (SSSR count). The summed E-state index contributed by atoms with van der Waals surface area (Å²) >= 11 is 0. The van der Waals surface area contributed by atoms with E-state index in [1.165, 1.54) is 12.6 Å². The molecule has 1 fully saturated rings. The molecule has 1 saturated heterocycles. The zero-order valence-electron chi connectivity index (χ0n) is 11.8. The summed E-state index contributed by atoms with van der Waals surface area (Å²) in [6.07, 6.45) is 3.80. The van der Waals surface area contributed by atoms with Crippen LogP contribution in [0.1, 0.15) is 28.9 Å². The summed E-state index contributed by atoms with van der Waals surface area (Å²) in [5.74, 6) is -0.899. The molecule has 19 heavy (non-hydrogen) atoms. The number of likely N-dealkylation sites (tertiary alicyclic amines) is 1. The number of carboxylic acid groups (broad SMARTS) is 1. The second kappa shape index (κ2) is 5.71. The number of carboxylic acids is 1. The molecule has 0 amide bonds. The first-order chi connectivity index (χ1) is 8.99. The molecule has 1 atom stereocenters. The van der Waals surface area contributed by atoms with Gasteiger partial charge < -0.3 is 10.0 Å². The van der Waals surface area contributed by atoms with Crippen molar-refractivity contribution in [3.63, 3.8) is 0 Å². The number of hydrogen-bond acceptors (Lipinski definition) is 4. The molecule has 1 unspecified atom stereocenters. The molecule has 6 heteroatoms. The van der Waals surface area contributed by atoms with E-state index in [4.69, 9.17) is 5.11 Å². The van der Waals surface area contributed by atoms with E-state index in [0.29, 0.717) is 18.2 Å². The number of rotatable bonds is 4. The summed E-state index contributed by atoms with van der Waals surface area (Å²) in [5, 5.41) is 13.2. The Hall–Kier alpha value is -1.40. The van der Waals surface area contributed by atoms with Crippen molar-refractivity contribution >= 4 is 5.97 Å². The van der Waals surface area contributed by atoms with E-state index in [0.717, 1.165) is 25.2 Å². The van der Waals surface area contributed by atoms with Crippen LogP contribution in [-0.4, -0.2) is 63.9 Å². The van der Waals surface area contributed by atoms with Gasteiger partial charge in [0.2, 0.25) is 0 Å². The first-order valence-corrected chi connectivity index (χ1v) is 6.62. The lowest BCUT2D eigenvalue weighted by molar-refractivity contribution is 0.0692. The fourth-order valence-electron chi connectivity index (χ4n) is 2.64. The van der Waals surface area contributed by atoms with E-state index in [1.54, 1.807) is 11.7 Å². The first kappa shape index (κ1) is 14.0. The van der Waals surface area contributed by atoms with Crippen LogP contribution in [0, 0.1) is 0 Å². The molecule has 0 radical (unpaired) electrons. The minimum atomic E-state index is -0.899. The monoisotopic (exact) mass is 266 g/mol. The van der Waals surface area contributed by atoms with E-state index in [1.807, 2.05) is 0 Å². The summed E-state index contributed by atoms with van der Waals surface area (Å²) in [4.78, 5) is 15.7. The maximum atomic E-state index is 11.2. The van der Waals surface area contributed by atoms with Crippen LogP contribution in [0.15, 0.2) is 6.20 Å². The van der Waals surface area contributed by atoms with Gasteiger partial charge in [0.25, 0.3) is 0 Å². The van der Waals surface area contributed by atoms with Gasteiger partial charge in [-0.1, -0.05) is 0 Å². The molecule has 1 N–H and O–H groups in total. The second-order valence-corrected chi connectivity index (χ2v) is 5.43. The van der Waals surface area contributed by atoms with Gasteiger partial charge in [0.15, 0.2) is 0 Å². The molecule has 1 aromatic rings. The van der Waals surface area contributed by atoms with Crippen LogP contribution in [0.4, 0.5) is 0 Å². The summed E-state index contributed by atoms with van der Waals surface area (Å²) in [5.41, 5.74) is 1.10. The van der Waals surface area contributed by atoms with Gasteiger partial charge in [0.05, 0.1) is 11.9 Å². The number of piperidine rings is 1. The highest BCUT2D eigenvalue weighted by Gasteiger charge is 2.24. The lowest BCUT2D eigenvalue weighted by atomic mass is 10.0. The van der Waals surface area contributed by atoms with E-state index in [2.05, 4.69) is 29.0 Å². The van der Waals surface area contributed by atoms with Crippen LogP contribution in [-0.2, 0) is 13.6 Å². The highest BCUT2D eigenvalue weighted by molar-refractivity contribution is 5.88. The maximum Gasteiger partial charge on any atom is 0.339 e. The minimum Gasteiger partial charge on any atom is -0.478 e. The number of carbonyl (C=O) groups is 1. The third-order valence-corrected chi connectivity index (χ3v) is 3.88. The van der Waals surface area contributed by atoms with Crippen molar-refractivity contribution < 1.29 is 9.90 Å². The lowest BCUT2D eigenvalue weighted by Crippen LogP contribution is -2.45. The minimum absolute atomic E-state index is 0.314. The molecule has 1 aliphatic heterocycles. The Morgan fingerprint density at radius 1 is 1.58 bits per heavy atom. The molecular formula is C13H22N4O2. The Balaban J connectivity index is 2.08. The van der Waals surface area contributed by atoms with Crippen molar-refractivity contribution in [3.8, 4) is 0 Å². The van der Waals surface area contributed by atoms with Gasteiger partial charge in [0.1, 0.15) is 5.56 Å². The van der Waals surface area contributed by atoms with Crippen molar-refractivity contribution in [1.82, 2.24) is 19.6 Å². The van der Waals surface area contributed by atoms with Gasteiger partial charge in [-0.25, -0.2) is 4.79 Å². The number of hydrogen-bond donors (Lipinski definition) is 1. The number of nitrogens with zero attached hydrogens (tertiary/aromatic N) is 4. The van der Waals surface area contributed by atoms with E-state index in [-0.39, 0.29) is 0 Å². The van der Waals surface area contributed by atoms with E-state index < -0.39 is 5.97 Å². The zero-order valence-corrected chi connectivity index (χ0v) is 11.8. The molecule has 2 heterocycles. The standard InChI is InChI=1S/C13H22N4O2/c1-15(2)10-5-4-6-17(8-10)9-12-11(13(18)19)7-14-16(12)3/h7,10H,4-6,8-9H2,1-3H3,(H,18,19). The number of aromatic nitrogens is 2.